The minimum absolute atomic E-state index is 0.246. The van der Waals surface area contributed by atoms with E-state index in [1.54, 1.807) is 19.2 Å². The fourth-order valence-electron chi connectivity index (χ4n) is 2.74. The van der Waals surface area contributed by atoms with Crippen molar-refractivity contribution in [3.05, 3.63) is 60.4 Å². The normalized spacial score (nSPS) is 10.9. The Hall–Kier alpha value is -2.75. The highest BCUT2D eigenvalue weighted by Crippen LogP contribution is 2.37. The number of hydrogen-bond donors (Lipinski definition) is 1. The predicted molar refractivity (Wildman–Crippen MR) is 96.3 cm³/mol. The summed E-state index contributed by atoms with van der Waals surface area (Å²) in [5.41, 5.74) is 3.90. The maximum atomic E-state index is 13.2. The van der Waals surface area contributed by atoms with E-state index in [1.807, 2.05) is 53.8 Å². The number of methoxy groups -OCH3 is 1. The Bertz CT molecular complexity index is 1010. The molecule has 0 aliphatic rings. The van der Waals surface area contributed by atoms with Crippen molar-refractivity contribution >= 4 is 10.4 Å². The highest BCUT2D eigenvalue weighted by molar-refractivity contribution is 7.79. The number of aromatic nitrogens is 2. The topological polar surface area (TPSA) is 95.5 Å². The molecule has 2 aromatic carbocycles. The third-order valence-corrected chi connectivity index (χ3v) is 3.90. The Morgan fingerprint density at radius 2 is 1.59 bits per heavy atom. The maximum absolute atomic E-state index is 13.2. The average molecular weight is 394 g/mol. The van der Waals surface area contributed by atoms with Crippen molar-refractivity contribution in [2.24, 2.45) is 14.1 Å². The minimum Gasteiger partial charge on any atom is -0.726 e. The summed E-state index contributed by atoms with van der Waals surface area (Å²) in [5.74, 6) is 0.535. The summed E-state index contributed by atoms with van der Waals surface area (Å²) in [6.45, 7) is 0. The quantitative estimate of drug-likeness (QED) is 0.418. The lowest BCUT2D eigenvalue weighted by molar-refractivity contribution is -0.740. The van der Waals surface area contributed by atoms with Crippen molar-refractivity contribution in [1.29, 1.82) is 0 Å². The van der Waals surface area contributed by atoms with Crippen LogP contribution in [0, 0.1) is 5.82 Å². The van der Waals surface area contributed by atoms with Crippen molar-refractivity contribution in [2.45, 2.75) is 0 Å². The molecule has 0 aliphatic carbocycles. The fraction of sp³-hybridized carbons (Fsp3) is 0.167. The van der Waals surface area contributed by atoms with E-state index in [9.17, 15) is 4.39 Å². The second-order valence-electron chi connectivity index (χ2n) is 5.58. The lowest BCUT2D eigenvalue weighted by atomic mass is 10.1. The molecule has 0 bridgehead atoms. The third-order valence-electron chi connectivity index (χ3n) is 3.90. The molecule has 0 unspecified atom stereocenters. The first-order chi connectivity index (χ1) is 12.6. The standard InChI is InChI=1S/C18H18FN2O.H2O4S/c1-20-16(13-7-5-4-6-8-13)18(22-3)17(21(20)2)14-9-11-15(19)12-10-14;1-5(2,3)4/h4-12H,1-3H3;(H2,1,2,3,4)/q+1;/p-1. The molecular formula is C18H19FN2O5S. The van der Waals surface area contributed by atoms with Gasteiger partial charge >= 0.3 is 0 Å². The summed E-state index contributed by atoms with van der Waals surface area (Å²) in [6.07, 6.45) is 0. The zero-order chi connectivity index (χ0) is 20.2. The van der Waals surface area contributed by atoms with Crippen LogP contribution in [0.25, 0.3) is 22.5 Å². The van der Waals surface area contributed by atoms with Crippen LogP contribution in [0.2, 0.25) is 0 Å². The van der Waals surface area contributed by atoms with Crippen LogP contribution in [0.5, 0.6) is 5.75 Å². The summed E-state index contributed by atoms with van der Waals surface area (Å²) >= 11 is 0. The number of rotatable bonds is 3. The highest BCUT2D eigenvalue weighted by atomic mass is 32.3. The molecule has 0 atom stereocenters. The maximum Gasteiger partial charge on any atom is 0.280 e. The van der Waals surface area contributed by atoms with E-state index in [1.165, 1.54) is 12.1 Å². The van der Waals surface area contributed by atoms with Crippen LogP contribution in [-0.4, -0.2) is 29.3 Å². The molecule has 144 valence electrons. The molecule has 0 saturated heterocycles. The van der Waals surface area contributed by atoms with Gasteiger partial charge in [-0.15, -0.1) is 4.68 Å². The van der Waals surface area contributed by atoms with E-state index < -0.39 is 10.4 Å². The molecule has 1 aromatic heterocycles. The van der Waals surface area contributed by atoms with Crippen LogP contribution in [0.3, 0.4) is 0 Å². The minimum atomic E-state index is -4.92. The van der Waals surface area contributed by atoms with Gasteiger partial charge in [-0.1, -0.05) is 18.2 Å². The molecule has 0 aliphatic heterocycles. The fourth-order valence-corrected chi connectivity index (χ4v) is 2.74. The van der Waals surface area contributed by atoms with Gasteiger partial charge in [0, 0.05) is 5.56 Å². The van der Waals surface area contributed by atoms with E-state index in [-0.39, 0.29) is 5.82 Å². The van der Waals surface area contributed by atoms with E-state index >= 15 is 0 Å². The Morgan fingerprint density at radius 3 is 2.07 bits per heavy atom. The van der Waals surface area contributed by atoms with E-state index in [2.05, 4.69) is 0 Å². The second-order valence-corrected chi connectivity index (χ2v) is 6.43. The van der Waals surface area contributed by atoms with Crippen molar-refractivity contribution in [2.75, 3.05) is 7.11 Å². The Labute approximate surface area is 156 Å². The zero-order valence-electron chi connectivity index (χ0n) is 15.0. The number of halogens is 1. The van der Waals surface area contributed by atoms with E-state index in [0.29, 0.717) is 0 Å². The van der Waals surface area contributed by atoms with E-state index in [0.717, 1.165) is 28.3 Å². The third kappa shape index (κ3) is 5.13. The van der Waals surface area contributed by atoms with Crippen LogP contribution >= 0.6 is 0 Å². The number of hydrogen-bond acceptors (Lipinski definition) is 4. The molecule has 0 amide bonds. The molecule has 0 saturated carbocycles. The summed E-state index contributed by atoms with van der Waals surface area (Å²) in [7, 11) is 0.695. The highest BCUT2D eigenvalue weighted by Gasteiger charge is 2.29. The van der Waals surface area contributed by atoms with Gasteiger partial charge in [0.25, 0.3) is 5.69 Å². The van der Waals surface area contributed by atoms with Crippen LogP contribution < -0.4 is 9.42 Å². The van der Waals surface area contributed by atoms with Crippen LogP contribution in [0.4, 0.5) is 4.39 Å². The van der Waals surface area contributed by atoms with Gasteiger partial charge in [0.1, 0.15) is 5.82 Å². The predicted octanol–water partition coefficient (Wildman–Crippen LogP) is 2.34. The first-order valence-corrected chi connectivity index (χ1v) is 9.12. The lowest BCUT2D eigenvalue weighted by Gasteiger charge is -2.03. The van der Waals surface area contributed by atoms with Crippen molar-refractivity contribution in [3.8, 4) is 28.3 Å². The van der Waals surface area contributed by atoms with Gasteiger partial charge in [-0.05, 0) is 36.4 Å². The van der Waals surface area contributed by atoms with Crippen LogP contribution in [0.15, 0.2) is 54.6 Å². The summed E-state index contributed by atoms with van der Waals surface area (Å²) in [6, 6.07) is 16.5. The molecule has 7 nitrogen and oxygen atoms in total. The van der Waals surface area contributed by atoms with E-state index in [4.69, 9.17) is 22.3 Å². The Kier molecular flexibility index (Phi) is 6.32. The smallest absolute Gasteiger partial charge is 0.280 e. The second kappa shape index (κ2) is 8.30. The molecule has 27 heavy (non-hydrogen) atoms. The van der Waals surface area contributed by atoms with Gasteiger partial charge < -0.3 is 9.29 Å². The molecule has 0 fully saturated rings. The number of nitrogens with zero attached hydrogens (tertiary/aromatic N) is 2. The van der Waals surface area contributed by atoms with Crippen LogP contribution in [0.1, 0.15) is 0 Å². The van der Waals surface area contributed by atoms with Crippen molar-refractivity contribution in [1.82, 2.24) is 4.68 Å². The Balaban J connectivity index is 0.000000465. The number of benzene rings is 2. The van der Waals surface area contributed by atoms with Gasteiger partial charge in [0.05, 0.1) is 19.7 Å². The van der Waals surface area contributed by atoms with Crippen molar-refractivity contribution in [3.63, 3.8) is 0 Å². The molecule has 1 N–H and O–H groups in total. The van der Waals surface area contributed by atoms with Gasteiger partial charge in [-0.2, -0.15) is 4.68 Å². The molecule has 9 heteroatoms. The Morgan fingerprint density at radius 1 is 1.07 bits per heavy atom. The molecule has 0 spiro atoms. The van der Waals surface area contributed by atoms with Gasteiger partial charge in [0.2, 0.25) is 16.1 Å². The first-order valence-electron chi connectivity index (χ1n) is 7.76. The first kappa shape index (κ1) is 20.6. The monoisotopic (exact) mass is 394 g/mol. The molecular weight excluding hydrogens is 375 g/mol. The molecule has 0 radical (unpaired) electrons. The van der Waals surface area contributed by atoms with Gasteiger partial charge in [-0.25, -0.2) is 12.8 Å². The lowest BCUT2D eigenvalue weighted by Crippen LogP contribution is -2.39. The number of ether oxygens (including phenoxy) is 1. The zero-order valence-corrected chi connectivity index (χ0v) is 15.8. The molecule has 1 heterocycles. The average Bonchev–Trinajstić information content (AvgIpc) is 2.86. The van der Waals surface area contributed by atoms with Gasteiger partial charge in [-0.3, -0.25) is 4.55 Å². The largest absolute Gasteiger partial charge is 0.726 e. The molecule has 3 rings (SSSR count). The van der Waals surface area contributed by atoms with Crippen LogP contribution in [-0.2, 0) is 24.5 Å². The SMILES string of the molecule is COc1c(-c2ccc(F)cc2)n(C)[n+](C)c1-c1ccccc1.O=S(=O)([O-])O. The van der Waals surface area contributed by atoms with Gasteiger partial charge in [0.15, 0.2) is 12.7 Å². The summed E-state index contributed by atoms with van der Waals surface area (Å²) in [4.78, 5) is 0. The summed E-state index contributed by atoms with van der Waals surface area (Å²) < 4.78 is 55.7. The van der Waals surface area contributed by atoms with Crippen molar-refractivity contribution < 1.29 is 31.3 Å². The molecule has 3 aromatic rings. The summed E-state index contributed by atoms with van der Waals surface area (Å²) in [5, 5.41) is 0.